The van der Waals surface area contributed by atoms with Gasteiger partial charge in [0.25, 0.3) is 0 Å². The van der Waals surface area contributed by atoms with E-state index in [1.54, 1.807) is 38.7 Å². The lowest BCUT2D eigenvalue weighted by Gasteiger charge is -2.34. The smallest absolute Gasteiger partial charge is 0.0112 e. The van der Waals surface area contributed by atoms with E-state index in [1.165, 1.54) is 87.0 Å². The Hall–Kier alpha value is -3.16. The van der Waals surface area contributed by atoms with Gasteiger partial charge < -0.3 is 5.73 Å². The molecule has 46 heavy (non-hydrogen) atoms. The van der Waals surface area contributed by atoms with Gasteiger partial charge in [-0.3, -0.25) is 0 Å². The molecule has 0 fully saturated rings. The highest BCUT2D eigenvalue weighted by molar-refractivity contribution is 5.70. The van der Waals surface area contributed by atoms with Gasteiger partial charge in [-0.25, -0.2) is 0 Å². The first-order chi connectivity index (χ1) is 22.6. The Morgan fingerprint density at radius 2 is 1.74 bits per heavy atom. The molecule has 1 nitrogen and oxygen atoms in total. The van der Waals surface area contributed by atoms with E-state index in [0.717, 1.165) is 25.2 Å². The highest BCUT2D eigenvalue weighted by Crippen LogP contribution is 2.43. The van der Waals surface area contributed by atoms with E-state index < -0.39 is 0 Å². The van der Waals surface area contributed by atoms with Crippen LogP contribution >= 0.6 is 0 Å². The predicted molar refractivity (Wildman–Crippen MR) is 199 cm³/mol. The average molecular weight is 612 g/mol. The second-order valence-corrected chi connectivity index (χ2v) is 14.4. The van der Waals surface area contributed by atoms with Crippen LogP contribution in [0, 0.1) is 23.7 Å². The lowest BCUT2D eigenvalue weighted by molar-refractivity contribution is 0.474. The molecule has 0 saturated carbocycles. The molecule has 242 valence electrons. The summed E-state index contributed by atoms with van der Waals surface area (Å²) in [5, 5.41) is 3.08. The third kappa shape index (κ3) is 7.21. The summed E-state index contributed by atoms with van der Waals surface area (Å²) >= 11 is 0. The number of allylic oxidation sites excluding steroid dienone is 14. The number of hydrogen-bond acceptors (Lipinski definition) is 1. The van der Waals surface area contributed by atoms with Gasteiger partial charge in [0.2, 0.25) is 0 Å². The number of hydrogen-bond donors (Lipinski definition) is 1. The van der Waals surface area contributed by atoms with Crippen molar-refractivity contribution in [1.82, 2.24) is 0 Å². The van der Waals surface area contributed by atoms with E-state index in [4.69, 9.17) is 5.73 Å². The van der Waals surface area contributed by atoms with Crippen molar-refractivity contribution in [2.45, 2.75) is 104 Å². The maximum absolute atomic E-state index is 6.01. The summed E-state index contributed by atoms with van der Waals surface area (Å²) in [6.45, 7) is 9.18. The van der Waals surface area contributed by atoms with Crippen LogP contribution in [0.1, 0.15) is 104 Å². The Morgan fingerprint density at radius 1 is 0.935 bits per heavy atom. The van der Waals surface area contributed by atoms with Crippen molar-refractivity contribution < 1.29 is 0 Å². The Bertz CT molecular complexity index is 1630. The van der Waals surface area contributed by atoms with Crippen LogP contribution < -0.4 is 16.2 Å². The molecule has 1 aromatic rings. The fourth-order valence-corrected chi connectivity index (χ4v) is 9.18. The molecule has 0 radical (unpaired) electrons. The summed E-state index contributed by atoms with van der Waals surface area (Å²) in [4.78, 5) is 0. The molecule has 0 saturated heterocycles. The molecule has 5 aliphatic carbocycles. The van der Waals surface area contributed by atoms with Crippen molar-refractivity contribution in [2.24, 2.45) is 29.4 Å². The van der Waals surface area contributed by atoms with Crippen LogP contribution in [-0.2, 0) is 0 Å². The van der Waals surface area contributed by atoms with Crippen LogP contribution in [0.3, 0.4) is 0 Å². The lowest BCUT2D eigenvalue weighted by Crippen LogP contribution is -2.35. The molecule has 4 unspecified atom stereocenters. The maximum atomic E-state index is 6.01. The van der Waals surface area contributed by atoms with Crippen LogP contribution in [0.2, 0.25) is 0 Å². The van der Waals surface area contributed by atoms with Crippen molar-refractivity contribution in [3.05, 3.63) is 129 Å². The van der Waals surface area contributed by atoms with E-state index in [-0.39, 0.29) is 0 Å². The van der Waals surface area contributed by atoms with E-state index >= 15 is 0 Å². The largest absolute Gasteiger partial charge is 0.327 e. The molecule has 4 atom stereocenters. The lowest BCUT2D eigenvalue weighted by atomic mass is 9.71. The molecular formula is C45H57N. The summed E-state index contributed by atoms with van der Waals surface area (Å²) in [7, 11) is 0. The third-order valence-corrected chi connectivity index (χ3v) is 11.9. The van der Waals surface area contributed by atoms with Gasteiger partial charge in [-0.2, -0.15) is 0 Å². The number of rotatable bonds is 11. The Kier molecular flexibility index (Phi) is 11.1. The number of benzene rings is 1. The topological polar surface area (TPSA) is 26.0 Å². The first-order valence-corrected chi connectivity index (χ1v) is 18.6. The summed E-state index contributed by atoms with van der Waals surface area (Å²) in [5.74, 6) is 2.62. The first kappa shape index (κ1) is 32.8. The maximum Gasteiger partial charge on any atom is 0.0112 e. The molecule has 0 heterocycles. The van der Waals surface area contributed by atoms with Gasteiger partial charge in [-0.15, -0.1) is 0 Å². The normalized spacial score (nSPS) is 25.9. The highest BCUT2D eigenvalue weighted by atomic mass is 14.5. The van der Waals surface area contributed by atoms with E-state index in [1.807, 2.05) is 6.08 Å². The van der Waals surface area contributed by atoms with Crippen molar-refractivity contribution in [3.8, 4) is 0 Å². The van der Waals surface area contributed by atoms with Gasteiger partial charge in [-0.05, 0) is 146 Å². The summed E-state index contributed by atoms with van der Waals surface area (Å²) in [5.41, 5.74) is 18.9. The zero-order valence-corrected chi connectivity index (χ0v) is 28.7. The molecule has 0 aromatic heterocycles. The minimum atomic E-state index is 0.532. The number of fused-ring (bicyclic) bond motifs is 2. The standard InChI is InChI=1S/C45H57N/c1-4-11-39(32(3)5-2)38(30-31-46)23-20-33-18-21-35(22-19-33)42-28-29-43(45-16-9-8-15-44(42)45)37-26-24-36(25-27-37)41-17-10-13-34-12-6-7-14-40(34)41/h4,6-9,11-12,14-16,18,26,30,32,34-36H,1,5,10,13,17,19-25,27-29,31,46H2,2-3H3/b38-30+,39-11+. The van der Waals surface area contributed by atoms with Crippen LogP contribution in [0.25, 0.3) is 11.1 Å². The van der Waals surface area contributed by atoms with Gasteiger partial charge in [0.05, 0.1) is 0 Å². The molecule has 5 aliphatic rings. The Balaban J connectivity index is 1.17. The van der Waals surface area contributed by atoms with Crippen molar-refractivity contribution >= 4 is 11.1 Å². The van der Waals surface area contributed by atoms with E-state index in [9.17, 15) is 0 Å². The molecule has 0 amide bonds. The predicted octanol–water partition coefficient (Wildman–Crippen LogP) is 10.3. The molecule has 0 spiro atoms. The zero-order valence-electron chi connectivity index (χ0n) is 28.7. The van der Waals surface area contributed by atoms with Crippen LogP contribution in [-0.4, -0.2) is 6.54 Å². The SMILES string of the molecule is C=C/C=C(/C(=C/CN)CCC1=CCC(C2=c3ccccc3=C(C3=CCC(C4=C5C=CC=CC5CCC4)CC3)CC2)CC1)C(C)CC. The van der Waals surface area contributed by atoms with Crippen LogP contribution in [0.15, 0.2) is 119 Å². The van der Waals surface area contributed by atoms with Gasteiger partial charge in [0.1, 0.15) is 0 Å². The van der Waals surface area contributed by atoms with Crippen molar-refractivity contribution in [2.75, 3.05) is 6.54 Å². The van der Waals surface area contributed by atoms with Crippen molar-refractivity contribution in [3.63, 3.8) is 0 Å². The highest BCUT2D eigenvalue weighted by Gasteiger charge is 2.29. The molecular weight excluding hydrogens is 555 g/mol. The Labute approximate surface area is 279 Å². The minimum absolute atomic E-state index is 0.532. The van der Waals surface area contributed by atoms with Crippen LogP contribution in [0.5, 0.6) is 0 Å². The molecule has 1 aromatic carbocycles. The first-order valence-electron chi connectivity index (χ1n) is 18.6. The molecule has 1 heteroatoms. The van der Waals surface area contributed by atoms with Gasteiger partial charge in [0, 0.05) is 12.5 Å². The quantitative estimate of drug-likeness (QED) is 0.196. The molecule has 2 N–H and O–H groups in total. The second-order valence-electron chi connectivity index (χ2n) is 14.4. The monoisotopic (exact) mass is 611 g/mol. The zero-order chi connectivity index (χ0) is 31.9. The second kappa shape index (κ2) is 15.6. The Morgan fingerprint density at radius 3 is 2.48 bits per heavy atom. The minimum Gasteiger partial charge on any atom is -0.327 e. The van der Waals surface area contributed by atoms with E-state index in [2.05, 4.69) is 93.3 Å². The third-order valence-electron chi connectivity index (χ3n) is 11.9. The summed E-state index contributed by atoms with van der Waals surface area (Å²) in [6.07, 6.45) is 38.3. The van der Waals surface area contributed by atoms with E-state index in [0.29, 0.717) is 24.3 Å². The van der Waals surface area contributed by atoms with Gasteiger partial charge >= 0.3 is 0 Å². The molecule has 0 aliphatic heterocycles. The van der Waals surface area contributed by atoms with Gasteiger partial charge in [0.15, 0.2) is 0 Å². The fourth-order valence-electron chi connectivity index (χ4n) is 9.18. The number of nitrogens with two attached hydrogens (primary N) is 1. The fraction of sp³-hybridized carbons (Fsp3) is 0.467. The average Bonchev–Trinajstić information content (AvgIpc) is 3.12. The van der Waals surface area contributed by atoms with Gasteiger partial charge in [-0.1, -0.05) is 116 Å². The summed E-state index contributed by atoms with van der Waals surface area (Å²) in [6, 6.07) is 9.39. The molecule has 0 bridgehead atoms. The van der Waals surface area contributed by atoms with Crippen molar-refractivity contribution in [1.29, 1.82) is 0 Å². The van der Waals surface area contributed by atoms with Crippen LogP contribution in [0.4, 0.5) is 0 Å². The molecule has 6 rings (SSSR count). The summed E-state index contributed by atoms with van der Waals surface area (Å²) < 4.78 is 0.